The smallest absolute Gasteiger partial charge is 0.346 e. The van der Waals surface area contributed by atoms with Gasteiger partial charge in [-0.1, -0.05) is 6.92 Å². The molecule has 0 amide bonds. The van der Waals surface area contributed by atoms with Crippen LogP contribution in [0.3, 0.4) is 0 Å². The van der Waals surface area contributed by atoms with Gasteiger partial charge >= 0.3 is 17.9 Å². The van der Waals surface area contributed by atoms with Gasteiger partial charge in [0.15, 0.2) is 0 Å². The largest absolute Gasteiger partial charge is 0.462 e. The van der Waals surface area contributed by atoms with E-state index < -0.39 is 17.9 Å². The van der Waals surface area contributed by atoms with Crippen LogP contribution in [-0.4, -0.2) is 24.5 Å². The lowest BCUT2D eigenvalue weighted by Gasteiger charge is -2.03. The molecule has 1 aromatic carbocycles. The molecular formula is C12H10O5. The Morgan fingerprint density at radius 1 is 1.24 bits per heavy atom. The third kappa shape index (κ3) is 2.04. The number of hydrogen-bond acceptors (Lipinski definition) is 5. The molecule has 88 valence electrons. The summed E-state index contributed by atoms with van der Waals surface area (Å²) in [5.41, 5.74) is 0.534. The van der Waals surface area contributed by atoms with Crippen LogP contribution in [0.15, 0.2) is 18.2 Å². The Morgan fingerprint density at radius 2 is 1.94 bits per heavy atom. The monoisotopic (exact) mass is 234 g/mol. The maximum Gasteiger partial charge on any atom is 0.346 e. The summed E-state index contributed by atoms with van der Waals surface area (Å²) in [7, 11) is 0. The van der Waals surface area contributed by atoms with Crippen molar-refractivity contribution in [2.45, 2.75) is 13.3 Å². The number of cyclic esters (lactones) is 2. The van der Waals surface area contributed by atoms with Gasteiger partial charge < -0.3 is 9.47 Å². The molecular weight excluding hydrogens is 224 g/mol. The van der Waals surface area contributed by atoms with Crippen LogP contribution in [0.2, 0.25) is 0 Å². The molecule has 0 atom stereocenters. The Morgan fingerprint density at radius 3 is 2.65 bits per heavy atom. The Balaban J connectivity index is 2.28. The van der Waals surface area contributed by atoms with E-state index in [1.807, 2.05) is 6.92 Å². The molecule has 0 N–H and O–H groups in total. The molecule has 1 aliphatic heterocycles. The molecule has 0 aromatic heterocycles. The number of hydrogen-bond donors (Lipinski definition) is 0. The van der Waals surface area contributed by atoms with E-state index in [1.54, 1.807) is 0 Å². The zero-order valence-corrected chi connectivity index (χ0v) is 9.19. The standard InChI is InChI=1S/C12H10O5/c1-2-5-16-10(13)7-3-4-8-9(6-7)12(15)17-11(8)14/h3-4,6H,2,5H2,1H3. The van der Waals surface area contributed by atoms with Gasteiger partial charge in [0.1, 0.15) is 0 Å². The molecule has 5 nitrogen and oxygen atoms in total. The molecule has 0 unspecified atom stereocenters. The number of benzene rings is 1. The lowest BCUT2D eigenvalue weighted by atomic mass is 10.1. The summed E-state index contributed by atoms with van der Waals surface area (Å²) in [5.74, 6) is -1.92. The van der Waals surface area contributed by atoms with Crippen molar-refractivity contribution in [3.8, 4) is 0 Å². The number of fused-ring (bicyclic) bond motifs is 1. The maximum atomic E-state index is 11.5. The highest BCUT2D eigenvalue weighted by atomic mass is 16.6. The molecule has 1 aliphatic rings. The van der Waals surface area contributed by atoms with Gasteiger partial charge in [0.05, 0.1) is 23.3 Å². The van der Waals surface area contributed by atoms with Gasteiger partial charge in [-0.15, -0.1) is 0 Å². The quantitative estimate of drug-likeness (QED) is 0.586. The fraction of sp³-hybridized carbons (Fsp3) is 0.250. The normalized spacial score (nSPS) is 13.2. The van der Waals surface area contributed by atoms with E-state index in [4.69, 9.17) is 4.74 Å². The van der Waals surface area contributed by atoms with E-state index in [9.17, 15) is 14.4 Å². The summed E-state index contributed by atoms with van der Waals surface area (Å²) in [6, 6.07) is 4.16. The minimum atomic E-state index is -0.727. The van der Waals surface area contributed by atoms with Crippen LogP contribution in [0.4, 0.5) is 0 Å². The van der Waals surface area contributed by atoms with Crippen molar-refractivity contribution in [1.82, 2.24) is 0 Å². The second kappa shape index (κ2) is 4.37. The SMILES string of the molecule is CCCOC(=O)c1ccc2c(c1)C(=O)OC2=O. The van der Waals surface area contributed by atoms with Crippen molar-refractivity contribution in [1.29, 1.82) is 0 Å². The number of esters is 3. The van der Waals surface area contributed by atoms with Crippen molar-refractivity contribution in [3.63, 3.8) is 0 Å². The molecule has 1 heterocycles. The van der Waals surface area contributed by atoms with Gasteiger partial charge in [0.25, 0.3) is 0 Å². The number of carbonyl (C=O) groups excluding carboxylic acids is 3. The van der Waals surface area contributed by atoms with Gasteiger partial charge in [-0.25, -0.2) is 14.4 Å². The van der Waals surface area contributed by atoms with Crippen LogP contribution >= 0.6 is 0 Å². The Bertz CT molecular complexity index is 504. The van der Waals surface area contributed by atoms with E-state index >= 15 is 0 Å². The van der Waals surface area contributed by atoms with E-state index in [0.717, 1.165) is 6.42 Å². The van der Waals surface area contributed by atoms with E-state index in [2.05, 4.69) is 4.74 Å². The minimum absolute atomic E-state index is 0.112. The zero-order valence-electron chi connectivity index (χ0n) is 9.19. The molecule has 0 fully saturated rings. The fourth-order valence-electron chi connectivity index (χ4n) is 1.49. The van der Waals surface area contributed by atoms with Gasteiger partial charge in [-0.2, -0.15) is 0 Å². The lowest BCUT2D eigenvalue weighted by Crippen LogP contribution is -2.07. The molecule has 5 heteroatoms. The average Bonchev–Trinajstić information content (AvgIpc) is 2.61. The second-order valence-corrected chi connectivity index (χ2v) is 3.57. The highest BCUT2D eigenvalue weighted by Crippen LogP contribution is 2.21. The fourth-order valence-corrected chi connectivity index (χ4v) is 1.49. The maximum absolute atomic E-state index is 11.5. The molecule has 0 aliphatic carbocycles. The Kier molecular flexibility index (Phi) is 2.91. The average molecular weight is 234 g/mol. The lowest BCUT2D eigenvalue weighted by molar-refractivity contribution is 0.0442. The summed E-state index contributed by atoms with van der Waals surface area (Å²) in [5, 5.41) is 0. The van der Waals surface area contributed by atoms with Crippen LogP contribution in [0, 0.1) is 0 Å². The van der Waals surface area contributed by atoms with E-state index in [1.165, 1.54) is 18.2 Å². The second-order valence-electron chi connectivity index (χ2n) is 3.57. The van der Waals surface area contributed by atoms with Crippen LogP contribution in [-0.2, 0) is 9.47 Å². The summed E-state index contributed by atoms with van der Waals surface area (Å²) >= 11 is 0. The molecule has 0 spiro atoms. The third-order valence-corrected chi connectivity index (χ3v) is 2.32. The zero-order chi connectivity index (χ0) is 12.4. The van der Waals surface area contributed by atoms with Gasteiger partial charge in [-0.05, 0) is 24.6 Å². The van der Waals surface area contributed by atoms with Crippen LogP contribution in [0.1, 0.15) is 44.4 Å². The highest BCUT2D eigenvalue weighted by molar-refractivity contribution is 6.15. The Hall–Kier alpha value is -2.17. The van der Waals surface area contributed by atoms with Crippen LogP contribution in [0.5, 0.6) is 0 Å². The minimum Gasteiger partial charge on any atom is -0.462 e. The van der Waals surface area contributed by atoms with E-state index in [0.29, 0.717) is 6.61 Å². The predicted octanol–water partition coefficient (Wildman–Crippen LogP) is 1.56. The molecule has 0 bridgehead atoms. The molecule has 0 saturated carbocycles. The van der Waals surface area contributed by atoms with Crippen molar-refractivity contribution in [2.24, 2.45) is 0 Å². The number of carbonyl (C=O) groups is 3. The van der Waals surface area contributed by atoms with Gasteiger partial charge in [0.2, 0.25) is 0 Å². The molecule has 0 saturated heterocycles. The van der Waals surface area contributed by atoms with Crippen molar-refractivity contribution in [2.75, 3.05) is 6.61 Å². The topological polar surface area (TPSA) is 69.7 Å². The molecule has 2 rings (SSSR count). The molecule has 1 aromatic rings. The number of rotatable bonds is 3. The first-order valence-electron chi connectivity index (χ1n) is 5.21. The van der Waals surface area contributed by atoms with Crippen molar-refractivity contribution < 1.29 is 23.9 Å². The van der Waals surface area contributed by atoms with E-state index in [-0.39, 0.29) is 16.7 Å². The summed E-state index contributed by atoms with van der Waals surface area (Å²) in [6.07, 6.45) is 0.719. The van der Waals surface area contributed by atoms with Crippen LogP contribution < -0.4 is 0 Å². The first kappa shape index (κ1) is 11.3. The van der Waals surface area contributed by atoms with Gasteiger partial charge in [-0.3, -0.25) is 0 Å². The summed E-state index contributed by atoms with van der Waals surface area (Å²) < 4.78 is 9.34. The third-order valence-electron chi connectivity index (χ3n) is 2.32. The van der Waals surface area contributed by atoms with Gasteiger partial charge in [0, 0.05) is 0 Å². The molecule has 0 radical (unpaired) electrons. The Labute approximate surface area is 97.3 Å². The summed E-state index contributed by atoms with van der Waals surface area (Å²) in [4.78, 5) is 34.0. The number of ether oxygens (including phenoxy) is 2. The summed E-state index contributed by atoms with van der Waals surface area (Å²) in [6.45, 7) is 2.20. The van der Waals surface area contributed by atoms with Crippen molar-refractivity contribution >= 4 is 17.9 Å². The first-order valence-corrected chi connectivity index (χ1v) is 5.21. The predicted molar refractivity (Wildman–Crippen MR) is 56.8 cm³/mol. The van der Waals surface area contributed by atoms with Crippen molar-refractivity contribution in [3.05, 3.63) is 34.9 Å². The first-order chi connectivity index (χ1) is 8.13. The van der Waals surface area contributed by atoms with Crippen LogP contribution in [0.25, 0.3) is 0 Å². The molecule has 17 heavy (non-hydrogen) atoms. The highest BCUT2D eigenvalue weighted by Gasteiger charge is 2.30.